The maximum atomic E-state index is 12.5. The second kappa shape index (κ2) is 11.7. The van der Waals surface area contributed by atoms with E-state index in [1.807, 2.05) is 26.8 Å². The van der Waals surface area contributed by atoms with Gasteiger partial charge in [0.05, 0.1) is 24.8 Å². The number of amides is 1. The van der Waals surface area contributed by atoms with E-state index in [9.17, 15) is 10.1 Å². The van der Waals surface area contributed by atoms with E-state index in [1.54, 1.807) is 36.4 Å². The van der Waals surface area contributed by atoms with Gasteiger partial charge in [-0.2, -0.15) is 5.26 Å². The van der Waals surface area contributed by atoms with Crippen molar-refractivity contribution < 1.29 is 19.0 Å². The molecule has 2 aromatic carbocycles. The quantitative estimate of drug-likeness (QED) is 0.400. The van der Waals surface area contributed by atoms with Gasteiger partial charge in [-0.05, 0) is 68.3 Å². The Morgan fingerprint density at radius 3 is 2.40 bits per heavy atom. The van der Waals surface area contributed by atoms with Crippen LogP contribution in [-0.2, 0) is 4.79 Å². The van der Waals surface area contributed by atoms with E-state index in [-0.39, 0.29) is 5.57 Å². The van der Waals surface area contributed by atoms with E-state index in [0.717, 1.165) is 6.42 Å². The normalized spacial score (nSPS) is 10.8. The van der Waals surface area contributed by atoms with Gasteiger partial charge in [0.25, 0.3) is 5.91 Å². The smallest absolute Gasteiger partial charge is 0.266 e. The third kappa shape index (κ3) is 6.43. The fraction of sp³-hybridized carbons (Fsp3) is 0.304. The number of nitriles is 1. The minimum Gasteiger partial charge on any atom is -0.494 e. The molecule has 0 saturated carbocycles. The van der Waals surface area contributed by atoms with Gasteiger partial charge in [-0.3, -0.25) is 4.79 Å². The van der Waals surface area contributed by atoms with Gasteiger partial charge in [0.15, 0.2) is 11.5 Å². The molecule has 0 unspecified atom stereocenters. The second-order valence-corrected chi connectivity index (χ2v) is 6.60. The van der Waals surface area contributed by atoms with E-state index in [2.05, 4.69) is 5.32 Å². The molecule has 1 N–H and O–H groups in total. The lowest BCUT2D eigenvalue weighted by Gasteiger charge is -2.14. The molecule has 158 valence electrons. The van der Waals surface area contributed by atoms with Crippen LogP contribution in [0.1, 0.15) is 32.8 Å². The molecule has 0 spiro atoms. The van der Waals surface area contributed by atoms with Crippen molar-refractivity contribution >= 4 is 29.3 Å². The maximum Gasteiger partial charge on any atom is 0.266 e. The molecule has 0 atom stereocenters. The van der Waals surface area contributed by atoms with Crippen molar-refractivity contribution in [3.63, 3.8) is 0 Å². The van der Waals surface area contributed by atoms with Gasteiger partial charge in [-0.15, -0.1) is 0 Å². The van der Waals surface area contributed by atoms with Crippen molar-refractivity contribution in [1.29, 1.82) is 5.26 Å². The van der Waals surface area contributed by atoms with Gasteiger partial charge in [-0.25, -0.2) is 0 Å². The molecule has 1 amide bonds. The number of nitrogens with zero attached hydrogens (tertiary/aromatic N) is 1. The number of hydrogen-bond donors (Lipinski definition) is 1. The molecule has 30 heavy (non-hydrogen) atoms. The number of carbonyl (C=O) groups is 1. The van der Waals surface area contributed by atoms with Crippen molar-refractivity contribution in [2.24, 2.45) is 0 Å². The summed E-state index contributed by atoms with van der Waals surface area (Å²) in [6, 6.07) is 12.2. The predicted octanol–water partition coefficient (Wildman–Crippen LogP) is 5.47. The first-order valence-electron chi connectivity index (χ1n) is 9.77. The summed E-state index contributed by atoms with van der Waals surface area (Å²) in [6.45, 7) is 7.23. The van der Waals surface area contributed by atoms with Gasteiger partial charge in [-0.1, -0.05) is 18.5 Å². The van der Waals surface area contributed by atoms with Crippen molar-refractivity contribution in [2.45, 2.75) is 27.2 Å². The number of rotatable bonds is 10. The molecular formula is C23H25ClN2O4. The highest BCUT2D eigenvalue weighted by Crippen LogP contribution is 2.37. The lowest BCUT2D eigenvalue weighted by molar-refractivity contribution is -0.112. The molecule has 0 aliphatic carbocycles. The van der Waals surface area contributed by atoms with Crippen molar-refractivity contribution in [3.8, 4) is 23.3 Å². The molecule has 0 fully saturated rings. The van der Waals surface area contributed by atoms with Crippen LogP contribution in [0.4, 0.5) is 5.69 Å². The Morgan fingerprint density at radius 1 is 1.10 bits per heavy atom. The Balaban J connectivity index is 2.25. The number of benzene rings is 2. The Hall–Kier alpha value is -3.17. The molecule has 7 heteroatoms. The standard InChI is InChI=1S/C23H25ClN2O4/c1-4-11-30-22-20(24)13-16(14-21(22)29-6-3)12-17(15-25)23(27)26-18-7-9-19(10-8-18)28-5-2/h7-10,12-14H,4-6,11H2,1-3H3,(H,26,27)/b17-12+. The van der Waals surface area contributed by atoms with E-state index in [1.165, 1.54) is 6.08 Å². The molecule has 0 radical (unpaired) electrons. The lowest BCUT2D eigenvalue weighted by Crippen LogP contribution is -2.13. The Morgan fingerprint density at radius 2 is 1.80 bits per heavy atom. The van der Waals surface area contributed by atoms with Crippen molar-refractivity contribution in [1.82, 2.24) is 0 Å². The minimum atomic E-state index is -0.526. The van der Waals surface area contributed by atoms with Crippen LogP contribution < -0.4 is 19.5 Å². The maximum absolute atomic E-state index is 12.5. The van der Waals surface area contributed by atoms with Gasteiger partial charge in [0, 0.05) is 5.69 Å². The van der Waals surface area contributed by atoms with Crippen molar-refractivity contribution in [3.05, 3.63) is 52.6 Å². The van der Waals surface area contributed by atoms with Crippen LogP contribution in [0.3, 0.4) is 0 Å². The Labute approximate surface area is 182 Å². The fourth-order valence-corrected chi connectivity index (χ4v) is 2.87. The molecule has 0 aliphatic heterocycles. The molecule has 2 rings (SSSR count). The summed E-state index contributed by atoms with van der Waals surface area (Å²) in [4.78, 5) is 12.5. The zero-order chi connectivity index (χ0) is 21.9. The fourth-order valence-electron chi connectivity index (χ4n) is 2.59. The summed E-state index contributed by atoms with van der Waals surface area (Å²) in [7, 11) is 0. The summed E-state index contributed by atoms with van der Waals surface area (Å²) < 4.78 is 16.7. The van der Waals surface area contributed by atoms with Crippen molar-refractivity contribution in [2.75, 3.05) is 25.1 Å². The summed E-state index contributed by atoms with van der Waals surface area (Å²) in [5, 5.41) is 12.5. The molecule has 6 nitrogen and oxygen atoms in total. The number of hydrogen-bond acceptors (Lipinski definition) is 5. The van der Waals surface area contributed by atoms with Gasteiger partial charge in [0.1, 0.15) is 17.4 Å². The average molecular weight is 429 g/mol. The lowest BCUT2D eigenvalue weighted by atomic mass is 10.1. The SMILES string of the molecule is CCCOc1c(Cl)cc(/C=C(\C#N)C(=O)Nc2ccc(OCC)cc2)cc1OCC. The average Bonchev–Trinajstić information content (AvgIpc) is 2.73. The Kier molecular flexibility index (Phi) is 9.04. The minimum absolute atomic E-state index is 0.0652. The topological polar surface area (TPSA) is 80.6 Å². The molecule has 0 saturated heterocycles. The predicted molar refractivity (Wildman–Crippen MR) is 118 cm³/mol. The van der Waals surface area contributed by atoms with E-state index >= 15 is 0 Å². The van der Waals surface area contributed by atoms with Crippen LogP contribution in [-0.4, -0.2) is 25.7 Å². The third-order valence-electron chi connectivity index (χ3n) is 3.88. The molecule has 0 aliphatic rings. The van der Waals surface area contributed by atoms with Crippen LogP contribution in [0, 0.1) is 11.3 Å². The van der Waals surface area contributed by atoms with Gasteiger partial charge < -0.3 is 19.5 Å². The van der Waals surface area contributed by atoms with Crippen LogP contribution in [0.2, 0.25) is 5.02 Å². The molecule has 0 heterocycles. The van der Waals surface area contributed by atoms with Crippen LogP contribution in [0.15, 0.2) is 42.0 Å². The van der Waals surface area contributed by atoms with E-state index < -0.39 is 5.91 Å². The number of carbonyl (C=O) groups excluding carboxylic acids is 1. The first-order valence-corrected chi connectivity index (χ1v) is 10.1. The van der Waals surface area contributed by atoms with Gasteiger partial charge >= 0.3 is 0 Å². The zero-order valence-electron chi connectivity index (χ0n) is 17.3. The first kappa shape index (κ1) is 23.1. The summed E-state index contributed by atoms with van der Waals surface area (Å²) in [5.74, 6) is 1.10. The highest BCUT2D eigenvalue weighted by atomic mass is 35.5. The number of anilines is 1. The highest BCUT2D eigenvalue weighted by Gasteiger charge is 2.14. The summed E-state index contributed by atoms with van der Waals surface area (Å²) in [5.41, 5.74) is 1.05. The first-order chi connectivity index (χ1) is 14.5. The summed E-state index contributed by atoms with van der Waals surface area (Å²) >= 11 is 6.35. The van der Waals surface area contributed by atoms with Crippen LogP contribution in [0.5, 0.6) is 17.2 Å². The van der Waals surface area contributed by atoms with E-state index in [4.69, 9.17) is 25.8 Å². The second-order valence-electron chi connectivity index (χ2n) is 6.19. The number of halogens is 1. The van der Waals surface area contributed by atoms with Crippen LogP contribution in [0.25, 0.3) is 6.08 Å². The largest absolute Gasteiger partial charge is 0.494 e. The third-order valence-corrected chi connectivity index (χ3v) is 4.16. The number of ether oxygens (including phenoxy) is 3. The highest BCUT2D eigenvalue weighted by molar-refractivity contribution is 6.32. The Bertz CT molecular complexity index is 933. The summed E-state index contributed by atoms with van der Waals surface area (Å²) in [6.07, 6.45) is 2.29. The molecule has 0 bridgehead atoms. The van der Waals surface area contributed by atoms with E-state index in [0.29, 0.717) is 53.3 Å². The molecule has 0 aromatic heterocycles. The van der Waals surface area contributed by atoms with Gasteiger partial charge in [0.2, 0.25) is 0 Å². The number of nitrogens with one attached hydrogen (secondary N) is 1. The van der Waals surface area contributed by atoms with Crippen LogP contribution >= 0.6 is 11.6 Å². The molecular weight excluding hydrogens is 404 g/mol. The molecule has 2 aromatic rings. The zero-order valence-corrected chi connectivity index (χ0v) is 18.1. The monoisotopic (exact) mass is 428 g/mol.